The van der Waals surface area contributed by atoms with Gasteiger partial charge in [0, 0.05) is 23.0 Å². The fraction of sp³-hybridized carbons (Fsp3) is 0.650. The van der Waals surface area contributed by atoms with Gasteiger partial charge in [0.15, 0.2) is 0 Å². The van der Waals surface area contributed by atoms with Gasteiger partial charge < -0.3 is 19.3 Å². The van der Waals surface area contributed by atoms with Crippen LogP contribution in [0.25, 0.3) is 0 Å². The maximum Gasteiger partial charge on any atom is 0.336 e. The number of carbonyl (C=O) groups excluding carboxylic acids is 3. The van der Waals surface area contributed by atoms with E-state index in [0.717, 1.165) is 0 Å². The SMILES string of the molecule is CC=C(C)C(=O)OC1CCC2CC3(O)OC(=O)C(C)=C3C3OC(=O)C1C23C. The normalized spacial score (nSPS) is 43.1. The van der Waals surface area contributed by atoms with E-state index in [9.17, 15) is 19.5 Å². The lowest BCUT2D eigenvalue weighted by Gasteiger charge is -2.52. The van der Waals surface area contributed by atoms with E-state index in [1.54, 1.807) is 26.8 Å². The molecule has 6 unspecified atom stereocenters. The average Bonchev–Trinajstić information content (AvgIpc) is 3.00. The summed E-state index contributed by atoms with van der Waals surface area (Å²) in [5.41, 5.74) is 0.454. The minimum atomic E-state index is -1.71. The molecule has 2 aliphatic heterocycles. The molecule has 1 saturated heterocycles. The first-order valence-electron chi connectivity index (χ1n) is 9.34. The maximum atomic E-state index is 12.8. The molecule has 2 heterocycles. The highest BCUT2D eigenvalue weighted by molar-refractivity contribution is 5.93. The molecule has 4 aliphatic rings. The minimum Gasteiger partial charge on any atom is -0.458 e. The van der Waals surface area contributed by atoms with Gasteiger partial charge in [-0.1, -0.05) is 13.0 Å². The van der Waals surface area contributed by atoms with Crippen molar-refractivity contribution in [2.45, 2.75) is 65.0 Å². The number of esters is 3. The Balaban J connectivity index is 1.74. The van der Waals surface area contributed by atoms with Crippen LogP contribution in [-0.4, -0.2) is 41.0 Å². The zero-order valence-corrected chi connectivity index (χ0v) is 15.9. The topological polar surface area (TPSA) is 99.1 Å². The van der Waals surface area contributed by atoms with Gasteiger partial charge in [-0.25, -0.2) is 9.59 Å². The van der Waals surface area contributed by atoms with Gasteiger partial charge in [0.2, 0.25) is 5.79 Å². The van der Waals surface area contributed by atoms with Gasteiger partial charge in [-0.2, -0.15) is 0 Å². The Hall–Kier alpha value is -2.15. The summed E-state index contributed by atoms with van der Waals surface area (Å²) < 4.78 is 16.6. The summed E-state index contributed by atoms with van der Waals surface area (Å²) in [6.45, 7) is 6.93. The average molecular weight is 376 g/mol. The Bertz CT molecular complexity index is 809. The number of allylic oxidation sites excluding steroid dienone is 1. The quantitative estimate of drug-likeness (QED) is 0.446. The molecule has 6 atom stereocenters. The Morgan fingerprint density at radius 3 is 2.70 bits per heavy atom. The highest BCUT2D eigenvalue weighted by Gasteiger charge is 2.71. The van der Waals surface area contributed by atoms with Crippen molar-refractivity contribution >= 4 is 17.9 Å². The van der Waals surface area contributed by atoms with Gasteiger partial charge in [-0.15, -0.1) is 0 Å². The third-order valence-electron chi connectivity index (χ3n) is 6.97. The number of hydrogen-bond acceptors (Lipinski definition) is 7. The van der Waals surface area contributed by atoms with E-state index in [-0.39, 0.29) is 12.3 Å². The van der Waals surface area contributed by atoms with Gasteiger partial charge in [0.1, 0.15) is 18.1 Å². The first-order chi connectivity index (χ1) is 12.6. The summed E-state index contributed by atoms with van der Waals surface area (Å²) in [7, 11) is 0. The van der Waals surface area contributed by atoms with Gasteiger partial charge in [0.25, 0.3) is 0 Å². The largest absolute Gasteiger partial charge is 0.458 e. The second kappa shape index (κ2) is 5.67. The third-order valence-corrected chi connectivity index (χ3v) is 6.97. The molecule has 7 heteroatoms. The fourth-order valence-corrected chi connectivity index (χ4v) is 5.34. The molecule has 7 nitrogen and oxygen atoms in total. The molecule has 2 aliphatic carbocycles. The second-order valence-electron chi connectivity index (χ2n) is 8.27. The van der Waals surface area contributed by atoms with Crippen molar-refractivity contribution < 1.29 is 33.7 Å². The lowest BCUT2D eigenvalue weighted by molar-refractivity contribution is -0.215. The molecule has 0 amide bonds. The second-order valence-corrected chi connectivity index (χ2v) is 8.27. The monoisotopic (exact) mass is 376 g/mol. The van der Waals surface area contributed by atoms with Crippen LogP contribution < -0.4 is 0 Å². The first kappa shape index (κ1) is 18.2. The minimum absolute atomic E-state index is 0.0934. The Morgan fingerprint density at radius 1 is 1.33 bits per heavy atom. The molecule has 27 heavy (non-hydrogen) atoms. The Kier molecular flexibility index (Phi) is 3.83. The highest BCUT2D eigenvalue weighted by Crippen LogP contribution is 2.63. The summed E-state index contributed by atoms with van der Waals surface area (Å²) in [6, 6.07) is 0. The van der Waals surface area contributed by atoms with E-state index in [0.29, 0.717) is 29.6 Å². The zero-order chi connectivity index (χ0) is 19.7. The zero-order valence-electron chi connectivity index (χ0n) is 15.9. The molecule has 2 saturated carbocycles. The predicted octanol–water partition coefficient (Wildman–Crippen LogP) is 1.79. The van der Waals surface area contributed by atoms with Gasteiger partial charge in [-0.3, -0.25) is 4.79 Å². The summed E-state index contributed by atoms with van der Waals surface area (Å²) >= 11 is 0. The van der Waals surface area contributed by atoms with Crippen molar-refractivity contribution in [1.29, 1.82) is 0 Å². The molecule has 4 rings (SSSR count). The molecule has 0 aromatic heterocycles. The number of carbonyl (C=O) groups is 3. The number of fused-ring (bicyclic) bond motifs is 2. The summed E-state index contributed by atoms with van der Waals surface area (Å²) in [6.07, 6.45) is 1.68. The first-order valence-corrected chi connectivity index (χ1v) is 9.34. The Morgan fingerprint density at radius 2 is 2.04 bits per heavy atom. The van der Waals surface area contributed by atoms with Crippen molar-refractivity contribution in [1.82, 2.24) is 0 Å². The molecule has 0 aromatic carbocycles. The van der Waals surface area contributed by atoms with Crippen LogP contribution in [-0.2, 0) is 28.6 Å². The highest BCUT2D eigenvalue weighted by atomic mass is 16.7. The van der Waals surface area contributed by atoms with Crippen LogP contribution in [0.1, 0.15) is 47.0 Å². The standard InChI is InChI=1S/C20H24O7/c1-5-9(2)16(21)25-12-7-6-11-8-20(24)13(10(3)17(22)27-20)15-19(11,4)14(12)18(23)26-15/h5,11-12,14-15,24H,6-8H2,1-4H3. The smallest absolute Gasteiger partial charge is 0.336 e. The van der Waals surface area contributed by atoms with Crippen LogP contribution in [0.2, 0.25) is 0 Å². The molecule has 0 radical (unpaired) electrons. The molecular weight excluding hydrogens is 352 g/mol. The molecule has 0 bridgehead atoms. The van der Waals surface area contributed by atoms with Gasteiger partial charge in [0.05, 0.1) is 5.57 Å². The van der Waals surface area contributed by atoms with E-state index >= 15 is 0 Å². The number of hydrogen-bond donors (Lipinski definition) is 1. The predicted molar refractivity (Wildman–Crippen MR) is 91.9 cm³/mol. The van der Waals surface area contributed by atoms with Crippen LogP contribution in [0.15, 0.2) is 22.8 Å². The van der Waals surface area contributed by atoms with Gasteiger partial charge in [-0.05, 0) is 39.5 Å². The lowest BCUT2D eigenvalue weighted by Crippen LogP contribution is -2.58. The summed E-state index contributed by atoms with van der Waals surface area (Å²) in [5, 5.41) is 10.9. The van der Waals surface area contributed by atoms with Crippen LogP contribution in [0.3, 0.4) is 0 Å². The van der Waals surface area contributed by atoms with Crippen molar-refractivity contribution in [3.8, 4) is 0 Å². The summed E-state index contributed by atoms with van der Waals surface area (Å²) in [5.74, 6) is -3.91. The number of ether oxygens (including phenoxy) is 3. The fourth-order valence-electron chi connectivity index (χ4n) is 5.34. The molecule has 0 aromatic rings. The number of rotatable bonds is 2. The van der Waals surface area contributed by atoms with E-state index in [1.165, 1.54) is 0 Å². The molecular formula is C20H24O7. The molecule has 3 fully saturated rings. The summed E-state index contributed by atoms with van der Waals surface area (Å²) in [4.78, 5) is 37.1. The van der Waals surface area contributed by atoms with Crippen molar-refractivity contribution in [2.75, 3.05) is 0 Å². The molecule has 1 N–H and O–H groups in total. The van der Waals surface area contributed by atoms with Crippen molar-refractivity contribution in [2.24, 2.45) is 17.3 Å². The maximum absolute atomic E-state index is 12.8. The van der Waals surface area contributed by atoms with Gasteiger partial charge >= 0.3 is 17.9 Å². The van der Waals surface area contributed by atoms with E-state index in [4.69, 9.17) is 14.2 Å². The van der Waals surface area contributed by atoms with E-state index in [2.05, 4.69) is 0 Å². The van der Waals surface area contributed by atoms with Crippen molar-refractivity contribution in [3.63, 3.8) is 0 Å². The van der Waals surface area contributed by atoms with Crippen LogP contribution in [0.5, 0.6) is 0 Å². The van der Waals surface area contributed by atoms with Crippen LogP contribution in [0.4, 0.5) is 0 Å². The van der Waals surface area contributed by atoms with Crippen LogP contribution >= 0.6 is 0 Å². The van der Waals surface area contributed by atoms with E-state index < -0.39 is 47.2 Å². The molecule has 0 spiro atoms. The third kappa shape index (κ3) is 2.27. The van der Waals surface area contributed by atoms with Crippen LogP contribution in [0, 0.1) is 17.3 Å². The Labute approximate surface area is 157 Å². The lowest BCUT2D eigenvalue weighted by atomic mass is 9.52. The number of aliphatic hydroxyl groups is 1. The van der Waals surface area contributed by atoms with Crippen molar-refractivity contribution in [3.05, 3.63) is 22.8 Å². The van der Waals surface area contributed by atoms with E-state index in [1.807, 2.05) is 6.92 Å². The molecule has 146 valence electrons.